The van der Waals surface area contributed by atoms with Gasteiger partial charge in [0.05, 0.1) is 11.4 Å². The second-order valence-corrected chi connectivity index (χ2v) is 9.21. The zero-order valence-corrected chi connectivity index (χ0v) is 20.3. The van der Waals surface area contributed by atoms with Crippen LogP contribution in [0.1, 0.15) is 11.1 Å². The van der Waals surface area contributed by atoms with Crippen molar-refractivity contribution in [1.29, 1.82) is 0 Å². The summed E-state index contributed by atoms with van der Waals surface area (Å²) in [4.78, 5) is 39.3. The topological polar surface area (TPSA) is 94.2 Å². The fraction of sp³-hybridized carbons (Fsp3) is 0.115. The average Bonchev–Trinajstić information content (AvgIpc) is 3.43. The fourth-order valence-corrected chi connectivity index (χ4v) is 4.66. The van der Waals surface area contributed by atoms with Crippen LogP contribution < -0.4 is 19.5 Å². The molecular weight excluding hydrogens is 504 g/mol. The molecule has 8 nitrogen and oxygen atoms in total. The molecule has 2 aliphatic rings. The number of nitrogens with zero attached hydrogens (tertiary/aromatic N) is 1. The number of thioether (sulfide) groups is 1. The third kappa shape index (κ3) is 5.17. The maximum atomic E-state index is 13.1. The van der Waals surface area contributed by atoms with Crippen LogP contribution in [-0.2, 0) is 16.1 Å². The van der Waals surface area contributed by atoms with E-state index in [2.05, 4.69) is 5.32 Å². The number of amides is 3. The highest BCUT2D eigenvalue weighted by Crippen LogP contribution is 2.39. The molecule has 2 heterocycles. The lowest BCUT2D eigenvalue weighted by atomic mass is 10.1. The van der Waals surface area contributed by atoms with Crippen molar-refractivity contribution in [2.75, 3.05) is 18.7 Å². The predicted octanol–water partition coefficient (Wildman–Crippen LogP) is 5.32. The first-order valence-corrected chi connectivity index (χ1v) is 12.1. The van der Waals surface area contributed by atoms with Crippen LogP contribution in [0.15, 0.2) is 71.6 Å². The summed E-state index contributed by atoms with van der Waals surface area (Å²) in [6.07, 6.45) is 1.58. The summed E-state index contributed by atoms with van der Waals surface area (Å²) in [5.41, 5.74) is 1.80. The summed E-state index contributed by atoms with van der Waals surface area (Å²) in [5.74, 6) is 0.671. The average molecular weight is 523 g/mol. The molecule has 0 radical (unpaired) electrons. The van der Waals surface area contributed by atoms with Gasteiger partial charge in [0.1, 0.15) is 5.75 Å². The maximum Gasteiger partial charge on any atom is 0.293 e. The molecule has 1 saturated heterocycles. The highest BCUT2D eigenvalue weighted by Gasteiger charge is 2.36. The van der Waals surface area contributed by atoms with E-state index in [4.69, 9.17) is 25.8 Å². The standard InChI is InChI=1S/C26H19ClN2O6S/c27-19-12-22-21(34-15-35-22)10-17(19)13-29-25(31)23(36-26(29)32)11-16-6-4-5-9-20(16)33-14-24(30)28-18-7-2-1-3-8-18/h1-12H,13-15H2,(H,28,30)/b23-11+. The van der Waals surface area contributed by atoms with Crippen LogP contribution >= 0.6 is 23.4 Å². The van der Waals surface area contributed by atoms with Crippen molar-refractivity contribution >= 4 is 52.2 Å². The van der Waals surface area contributed by atoms with Crippen molar-refractivity contribution in [3.8, 4) is 17.2 Å². The molecule has 182 valence electrons. The first-order chi connectivity index (χ1) is 17.5. The lowest BCUT2D eigenvalue weighted by molar-refractivity contribution is -0.123. The van der Waals surface area contributed by atoms with Gasteiger partial charge in [-0.25, -0.2) is 0 Å². The normalized spacial score (nSPS) is 15.5. The molecule has 5 rings (SSSR count). The van der Waals surface area contributed by atoms with Gasteiger partial charge in [-0.15, -0.1) is 0 Å². The van der Waals surface area contributed by atoms with E-state index in [1.54, 1.807) is 54.6 Å². The third-order valence-electron chi connectivity index (χ3n) is 5.37. The van der Waals surface area contributed by atoms with E-state index < -0.39 is 11.1 Å². The molecule has 0 aliphatic carbocycles. The van der Waals surface area contributed by atoms with Gasteiger partial charge in [0.2, 0.25) is 6.79 Å². The number of anilines is 1. The number of carbonyl (C=O) groups excluding carboxylic acids is 3. The van der Waals surface area contributed by atoms with E-state index in [-0.39, 0.29) is 30.8 Å². The molecule has 0 saturated carbocycles. The number of benzene rings is 3. The van der Waals surface area contributed by atoms with E-state index >= 15 is 0 Å². The summed E-state index contributed by atoms with van der Waals surface area (Å²) < 4.78 is 16.4. The Morgan fingerprint density at radius 3 is 2.58 bits per heavy atom. The van der Waals surface area contributed by atoms with Crippen LogP contribution in [-0.4, -0.2) is 35.4 Å². The lowest BCUT2D eigenvalue weighted by Gasteiger charge is -2.14. The first-order valence-electron chi connectivity index (χ1n) is 10.9. The summed E-state index contributed by atoms with van der Waals surface area (Å²) >= 11 is 7.15. The van der Waals surface area contributed by atoms with Crippen LogP contribution in [0.25, 0.3) is 6.08 Å². The largest absolute Gasteiger partial charge is 0.483 e. The number of ether oxygens (including phenoxy) is 3. The Bertz CT molecular complexity index is 1380. The third-order valence-corrected chi connectivity index (χ3v) is 6.62. The Hall–Kier alpha value is -3.95. The summed E-state index contributed by atoms with van der Waals surface area (Å²) in [7, 11) is 0. The van der Waals surface area contributed by atoms with Gasteiger partial charge in [0.25, 0.3) is 17.1 Å². The van der Waals surface area contributed by atoms with Crippen molar-refractivity contribution in [2.45, 2.75) is 6.54 Å². The molecule has 0 unspecified atom stereocenters. The van der Waals surface area contributed by atoms with E-state index in [1.807, 2.05) is 18.2 Å². The summed E-state index contributed by atoms with van der Waals surface area (Å²) in [5, 5.41) is 2.70. The zero-order valence-electron chi connectivity index (χ0n) is 18.7. The molecule has 10 heteroatoms. The number of para-hydroxylation sites is 2. The molecule has 1 fully saturated rings. The van der Waals surface area contributed by atoms with E-state index in [0.717, 1.165) is 16.7 Å². The van der Waals surface area contributed by atoms with Gasteiger partial charge < -0.3 is 19.5 Å². The second kappa shape index (κ2) is 10.3. The number of rotatable bonds is 7. The first kappa shape index (κ1) is 23.8. The fourth-order valence-electron chi connectivity index (χ4n) is 3.62. The molecule has 2 aliphatic heterocycles. The van der Waals surface area contributed by atoms with Gasteiger partial charge in [-0.05, 0) is 47.7 Å². The smallest absolute Gasteiger partial charge is 0.293 e. The minimum Gasteiger partial charge on any atom is -0.483 e. The molecule has 0 aromatic heterocycles. The quantitative estimate of drug-likeness (QED) is 0.419. The van der Waals surface area contributed by atoms with Crippen LogP contribution in [0.4, 0.5) is 10.5 Å². The predicted molar refractivity (Wildman–Crippen MR) is 136 cm³/mol. The molecule has 0 atom stereocenters. The van der Waals surface area contributed by atoms with Gasteiger partial charge in [-0.3, -0.25) is 19.3 Å². The van der Waals surface area contributed by atoms with Crippen LogP contribution in [0.2, 0.25) is 5.02 Å². The van der Waals surface area contributed by atoms with Gasteiger partial charge in [0.15, 0.2) is 18.1 Å². The Morgan fingerprint density at radius 2 is 1.78 bits per heavy atom. The highest BCUT2D eigenvalue weighted by atomic mass is 35.5. The monoisotopic (exact) mass is 522 g/mol. The molecule has 3 amide bonds. The molecule has 3 aromatic carbocycles. The van der Waals surface area contributed by atoms with Gasteiger partial charge in [-0.1, -0.05) is 48.0 Å². The van der Waals surface area contributed by atoms with Crippen LogP contribution in [0, 0.1) is 0 Å². The molecule has 0 bridgehead atoms. The number of halogens is 1. The Labute approximate surface area is 215 Å². The number of carbonyl (C=O) groups is 3. The summed E-state index contributed by atoms with van der Waals surface area (Å²) in [6, 6.07) is 19.3. The zero-order chi connectivity index (χ0) is 25.1. The Morgan fingerprint density at radius 1 is 1.06 bits per heavy atom. The number of imide groups is 1. The van der Waals surface area contributed by atoms with Gasteiger partial charge in [-0.2, -0.15) is 0 Å². The van der Waals surface area contributed by atoms with Gasteiger partial charge >= 0.3 is 0 Å². The van der Waals surface area contributed by atoms with Crippen LogP contribution in [0.3, 0.4) is 0 Å². The second-order valence-electron chi connectivity index (χ2n) is 7.81. The minimum atomic E-state index is -0.449. The van der Waals surface area contributed by atoms with E-state index in [9.17, 15) is 14.4 Å². The highest BCUT2D eigenvalue weighted by molar-refractivity contribution is 8.18. The SMILES string of the molecule is O=C(COc1ccccc1/C=C1/SC(=O)N(Cc2cc3c(cc2Cl)OCO3)C1=O)Nc1ccccc1. The van der Waals surface area contributed by atoms with Crippen molar-refractivity contribution < 1.29 is 28.6 Å². The molecular formula is C26H19ClN2O6S. The molecule has 36 heavy (non-hydrogen) atoms. The maximum absolute atomic E-state index is 13.1. The van der Waals surface area contributed by atoms with Gasteiger partial charge in [0, 0.05) is 22.3 Å². The molecule has 1 N–H and O–H groups in total. The lowest BCUT2D eigenvalue weighted by Crippen LogP contribution is -2.27. The van der Waals surface area contributed by atoms with Crippen molar-refractivity contribution in [3.63, 3.8) is 0 Å². The van der Waals surface area contributed by atoms with Crippen LogP contribution in [0.5, 0.6) is 17.2 Å². The van der Waals surface area contributed by atoms with Crippen molar-refractivity contribution in [2.24, 2.45) is 0 Å². The number of nitrogens with one attached hydrogen (secondary N) is 1. The summed E-state index contributed by atoms with van der Waals surface area (Å²) in [6.45, 7) is -0.131. The Kier molecular flexibility index (Phi) is 6.84. The number of hydrogen-bond donors (Lipinski definition) is 1. The molecule has 3 aromatic rings. The number of fused-ring (bicyclic) bond motifs is 1. The molecule has 0 spiro atoms. The van der Waals surface area contributed by atoms with Crippen molar-refractivity contribution in [3.05, 3.63) is 87.8 Å². The van der Waals surface area contributed by atoms with E-state index in [0.29, 0.717) is 39.1 Å². The van der Waals surface area contributed by atoms with Crippen molar-refractivity contribution in [1.82, 2.24) is 4.90 Å². The van der Waals surface area contributed by atoms with E-state index in [1.165, 1.54) is 0 Å². The number of hydrogen-bond acceptors (Lipinski definition) is 7. The minimum absolute atomic E-state index is 0.00468. The Balaban J connectivity index is 1.28.